The highest BCUT2D eigenvalue weighted by atomic mass is 14.9. The zero-order chi connectivity index (χ0) is 20.7. The van der Waals surface area contributed by atoms with E-state index in [4.69, 9.17) is 0 Å². The number of rotatable bonds is 9. The van der Waals surface area contributed by atoms with Gasteiger partial charge in [0.25, 0.3) is 0 Å². The van der Waals surface area contributed by atoms with Crippen LogP contribution < -0.4 is 5.32 Å². The van der Waals surface area contributed by atoms with E-state index in [9.17, 15) is 0 Å². The van der Waals surface area contributed by atoms with Crippen LogP contribution in [0.4, 0.5) is 0 Å². The molecule has 0 bridgehead atoms. The molecule has 1 atom stereocenters. The summed E-state index contributed by atoms with van der Waals surface area (Å²) in [5.41, 5.74) is 11.6. The molecule has 148 valence electrons. The van der Waals surface area contributed by atoms with E-state index >= 15 is 0 Å². The Balaban J connectivity index is 3.27. The molecule has 0 amide bonds. The first-order chi connectivity index (χ1) is 12.6. The maximum atomic E-state index is 4.31. The zero-order valence-corrected chi connectivity index (χ0v) is 18.8. The predicted molar refractivity (Wildman–Crippen MR) is 122 cm³/mol. The van der Waals surface area contributed by atoms with Crippen molar-refractivity contribution in [3.63, 3.8) is 0 Å². The van der Waals surface area contributed by atoms with Crippen LogP contribution >= 0.6 is 0 Å². The molecule has 0 saturated heterocycles. The lowest BCUT2D eigenvalue weighted by molar-refractivity contribution is 0.759. The average molecular weight is 366 g/mol. The van der Waals surface area contributed by atoms with Crippen molar-refractivity contribution in [2.75, 3.05) is 6.54 Å². The number of hydrogen-bond donors (Lipinski definition) is 1. The monoisotopic (exact) mass is 365 g/mol. The minimum Gasteiger partial charge on any atom is -0.385 e. The number of hydrogen-bond acceptors (Lipinski definition) is 1. The molecule has 0 aliphatic carbocycles. The Morgan fingerprint density at radius 1 is 1.04 bits per heavy atom. The van der Waals surface area contributed by atoms with E-state index < -0.39 is 0 Å². The maximum absolute atomic E-state index is 4.31. The highest BCUT2D eigenvalue weighted by molar-refractivity contribution is 5.49. The van der Waals surface area contributed by atoms with Crippen molar-refractivity contribution in [2.45, 2.75) is 74.1 Å². The zero-order valence-electron chi connectivity index (χ0n) is 18.8. The average Bonchev–Trinajstić information content (AvgIpc) is 2.59. The van der Waals surface area contributed by atoms with Crippen LogP contribution in [0.2, 0.25) is 0 Å². The van der Waals surface area contributed by atoms with Crippen LogP contribution in [0.5, 0.6) is 0 Å². The second kappa shape index (κ2) is 10.3. The van der Waals surface area contributed by atoms with Crippen LogP contribution in [-0.4, -0.2) is 6.54 Å². The highest BCUT2D eigenvalue weighted by Gasteiger charge is 2.18. The van der Waals surface area contributed by atoms with Gasteiger partial charge in [-0.25, -0.2) is 0 Å². The van der Waals surface area contributed by atoms with E-state index in [1.807, 2.05) is 0 Å². The third-order valence-electron chi connectivity index (χ3n) is 5.32. The second-order valence-corrected chi connectivity index (χ2v) is 8.15. The molecule has 0 heterocycles. The lowest BCUT2D eigenvalue weighted by atomic mass is 9.82. The SMILES string of the molecule is C=C(NCCC)C(=C(C)C)/C(C)=C(\C)CC(C(=C)C)c1cc(C)ccc1C. The molecule has 0 saturated carbocycles. The summed E-state index contributed by atoms with van der Waals surface area (Å²) >= 11 is 0. The molecule has 0 aromatic heterocycles. The first-order valence-corrected chi connectivity index (χ1v) is 10.1. The largest absolute Gasteiger partial charge is 0.385 e. The number of benzene rings is 1. The minimum atomic E-state index is 0.343. The third kappa shape index (κ3) is 6.27. The van der Waals surface area contributed by atoms with Gasteiger partial charge in [-0.05, 0) is 83.6 Å². The Hall–Kier alpha value is -2.02. The summed E-state index contributed by atoms with van der Waals surface area (Å²) in [7, 11) is 0. The first kappa shape index (κ1) is 23.0. The summed E-state index contributed by atoms with van der Waals surface area (Å²) < 4.78 is 0. The van der Waals surface area contributed by atoms with Gasteiger partial charge in [-0.3, -0.25) is 0 Å². The summed E-state index contributed by atoms with van der Waals surface area (Å²) in [4.78, 5) is 0. The summed E-state index contributed by atoms with van der Waals surface area (Å²) in [6.07, 6.45) is 2.09. The molecule has 0 aliphatic rings. The first-order valence-electron chi connectivity index (χ1n) is 10.1. The molecule has 0 radical (unpaired) electrons. The van der Waals surface area contributed by atoms with Crippen LogP contribution in [0.25, 0.3) is 0 Å². The minimum absolute atomic E-state index is 0.343. The van der Waals surface area contributed by atoms with Crippen LogP contribution in [0.1, 0.15) is 77.0 Å². The third-order valence-corrected chi connectivity index (χ3v) is 5.32. The van der Waals surface area contributed by atoms with Crippen molar-refractivity contribution < 1.29 is 0 Å². The molecular formula is C26H39N. The van der Waals surface area contributed by atoms with Gasteiger partial charge in [-0.1, -0.05) is 60.6 Å². The van der Waals surface area contributed by atoms with Gasteiger partial charge in [-0.15, -0.1) is 0 Å². The number of allylic oxidation sites excluding steroid dienone is 4. The molecule has 1 aromatic rings. The van der Waals surface area contributed by atoms with E-state index in [1.54, 1.807) is 0 Å². The highest BCUT2D eigenvalue weighted by Crippen LogP contribution is 2.35. The van der Waals surface area contributed by atoms with Gasteiger partial charge in [0.1, 0.15) is 0 Å². The Kier molecular flexibility index (Phi) is 8.82. The fourth-order valence-electron chi connectivity index (χ4n) is 3.63. The van der Waals surface area contributed by atoms with E-state index in [1.165, 1.54) is 44.6 Å². The Morgan fingerprint density at radius 2 is 1.67 bits per heavy atom. The molecule has 0 spiro atoms. The molecule has 27 heavy (non-hydrogen) atoms. The Morgan fingerprint density at radius 3 is 2.19 bits per heavy atom. The quantitative estimate of drug-likeness (QED) is 0.352. The van der Waals surface area contributed by atoms with Gasteiger partial charge in [0.05, 0.1) is 0 Å². The predicted octanol–water partition coefficient (Wildman–Crippen LogP) is 7.54. The molecule has 1 aromatic carbocycles. The van der Waals surface area contributed by atoms with Crippen molar-refractivity contribution in [3.8, 4) is 0 Å². The molecule has 1 rings (SSSR count). The van der Waals surface area contributed by atoms with Crippen molar-refractivity contribution in [1.82, 2.24) is 5.32 Å². The van der Waals surface area contributed by atoms with Crippen molar-refractivity contribution in [3.05, 3.63) is 81.6 Å². The van der Waals surface area contributed by atoms with Crippen LogP contribution in [0.15, 0.2) is 64.9 Å². The summed E-state index contributed by atoms with van der Waals surface area (Å²) in [5, 5.41) is 3.47. The van der Waals surface area contributed by atoms with Crippen LogP contribution in [-0.2, 0) is 0 Å². The smallest absolute Gasteiger partial charge is 0.0342 e. The lowest BCUT2D eigenvalue weighted by Crippen LogP contribution is -2.16. The fraction of sp³-hybridized carbons (Fsp3) is 0.462. The number of nitrogens with one attached hydrogen (secondary N) is 1. The lowest BCUT2D eigenvalue weighted by Gasteiger charge is -2.24. The normalized spacial score (nSPS) is 12.9. The van der Waals surface area contributed by atoms with Crippen LogP contribution in [0, 0.1) is 13.8 Å². The van der Waals surface area contributed by atoms with Crippen molar-refractivity contribution >= 4 is 0 Å². The molecule has 1 unspecified atom stereocenters. The summed E-state index contributed by atoms with van der Waals surface area (Å²) in [6, 6.07) is 6.73. The molecule has 0 fully saturated rings. The summed E-state index contributed by atoms with van der Waals surface area (Å²) in [6.45, 7) is 27.1. The van der Waals surface area contributed by atoms with Gasteiger partial charge < -0.3 is 5.32 Å². The summed E-state index contributed by atoms with van der Waals surface area (Å²) in [5.74, 6) is 0.343. The van der Waals surface area contributed by atoms with E-state index in [2.05, 4.69) is 92.1 Å². The molecular weight excluding hydrogens is 326 g/mol. The van der Waals surface area contributed by atoms with Crippen molar-refractivity contribution in [2.24, 2.45) is 0 Å². The molecule has 1 nitrogen and oxygen atoms in total. The van der Waals surface area contributed by atoms with Gasteiger partial charge in [0, 0.05) is 18.2 Å². The topological polar surface area (TPSA) is 12.0 Å². The maximum Gasteiger partial charge on any atom is 0.0342 e. The van der Waals surface area contributed by atoms with Crippen LogP contribution in [0.3, 0.4) is 0 Å². The number of aryl methyl sites for hydroxylation is 2. The fourth-order valence-corrected chi connectivity index (χ4v) is 3.63. The van der Waals surface area contributed by atoms with Gasteiger partial charge in [-0.2, -0.15) is 0 Å². The standard InChI is InChI=1S/C26H39N/c1-11-14-27-23(10)26(18(4)5)22(9)21(8)16-24(17(2)3)25-15-19(6)12-13-20(25)7/h12-13,15,24,27H,2,10-11,14,16H2,1,3-9H3/b22-21+. The van der Waals surface area contributed by atoms with Gasteiger partial charge in [0.2, 0.25) is 0 Å². The molecule has 1 N–H and O–H groups in total. The van der Waals surface area contributed by atoms with Gasteiger partial charge >= 0.3 is 0 Å². The van der Waals surface area contributed by atoms with E-state index in [-0.39, 0.29) is 0 Å². The second-order valence-electron chi connectivity index (χ2n) is 8.15. The Bertz CT molecular complexity index is 754. The van der Waals surface area contributed by atoms with E-state index in [0.29, 0.717) is 5.92 Å². The molecule has 1 heteroatoms. The van der Waals surface area contributed by atoms with Crippen molar-refractivity contribution in [1.29, 1.82) is 0 Å². The van der Waals surface area contributed by atoms with Gasteiger partial charge in [0.15, 0.2) is 0 Å². The molecule has 0 aliphatic heterocycles. The Labute approximate surface area is 168 Å². The van der Waals surface area contributed by atoms with E-state index in [0.717, 1.165) is 25.1 Å².